The zero-order valence-corrected chi connectivity index (χ0v) is 12.7. The number of fused-ring (bicyclic) bond motifs is 1. The summed E-state index contributed by atoms with van der Waals surface area (Å²) in [5.41, 5.74) is 7.55. The van der Waals surface area contributed by atoms with Crippen molar-refractivity contribution in [3.8, 4) is 0 Å². The summed E-state index contributed by atoms with van der Waals surface area (Å²) in [6.07, 6.45) is 0. The van der Waals surface area contributed by atoms with E-state index in [9.17, 15) is 8.42 Å². The van der Waals surface area contributed by atoms with Gasteiger partial charge in [0, 0.05) is 16.5 Å². The molecule has 0 unspecified atom stereocenters. The maximum absolute atomic E-state index is 11.3. The zero-order chi connectivity index (χ0) is 16.4. The van der Waals surface area contributed by atoms with Crippen LogP contribution in [0.15, 0.2) is 75.8 Å². The van der Waals surface area contributed by atoms with E-state index in [0.717, 1.165) is 0 Å². The van der Waals surface area contributed by atoms with Gasteiger partial charge in [-0.2, -0.15) is 13.5 Å². The lowest BCUT2D eigenvalue weighted by Gasteiger charge is -2.06. The Morgan fingerprint density at radius 1 is 0.870 bits per heavy atom. The first kappa shape index (κ1) is 15.1. The van der Waals surface area contributed by atoms with Crippen LogP contribution in [0.5, 0.6) is 0 Å². The summed E-state index contributed by atoms with van der Waals surface area (Å²) in [6, 6.07) is 16.7. The van der Waals surface area contributed by atoms with E-state index in [1.807, 2.05) is 30.3 Å². The number of rotatable bonds is 3. The lowest BCUT2D eigenvalue weighted by molar-refractivity contribution is 0.483. The van der Waals surface area contributed by atoms with Gasteiger partial charge < -0.3 is 5.73 Å². The second-order valence-electron chi connectivity index (χ2n) is 4.89. The number of anilines is 1. The van der Waals surface area contributed by atoms with Crippen LogP contribution in [0, 0.1) is 0 Å². The highest BCUT2D eigenvalue weighted by atomic mass is 32.2. The molecule has 3 aromatic carbocycles. The Balaban J connectivity index is 2.12. The summed E-state index contributed by atoms with van der Waals surface area (Å²) in [5.74, 6) is 0. The van der Waals surface area contributed by atoms with E-state index in [-0.39, 0.29) is 4.90 Å². The molecule has 6 nitrogen and oxygen atoms in total. The highest BCUT2D eigenvalue weighted by molar-refractivity contribution is 7.85. The Labute approximate surface area is 133 Å². The Bertz CT molecular complexity index is 1000. The predicted molar refractivity (Wildman–Crippen MR) is 88.8 cm³/mol. The van der Waals surface area contributed by atoms with E-state index in [1.165, 1.54) is 12.1 Å². The van der Waals surface area contributed by atoms with E-state index in [1.54, 1.807) is 18.2 Å². The van der Waals surface area contributed by atoms with Crippen molar-refractivity contribution < 1.29 is 13.0 Å². The molecule has 0 aliphatic rings. The fourth-order valence-electron chi connectivity index (χ4n) is 2.19. The molecule has 0 radical (unpaired) electrons. The molecule has 0 saturated heterocycles. The molecular formula is C16H13N3O3S. The lowest BCUT2D eigenvalue weighted by atomic mass is 10.1. The second-order valence-corrected chi connectivity index (χ2v) is 6.31. The summed E-state index contributed by atoms with van der Waals surface area (Å²) < 4.78 is 31.7. The van der Waals surface area contributed by atoms with Crippen LogP contribution >= 0.6 is 0 Å². The number of hydrogen-bond donors (Lipinski definition) is 2. The second kappa shape index (κ2) is 5.79. The highest BCUT2D eigenvalue weighted by Gasteiger charge is 2.12. The van der Waals surface area contributed by atoms with Gasteiger partial charge in [0.15, 0.2) is 0 Å². The molecule has 0 atom stereocenters. The van der Waals surface area contributed by atoms with Gasteiger partial charge in [0.25, 0.3) is 10.1 Å². The van der Waals surface area contributed by atoms with Gasteiger partial charge in [0.1, 0.15) is 0 Å². The molecule has 7 heteroatoms. The maximum Gasteiger partial charge on any atom is 0.294 e. The van der Waals surface area contributed by atoms with Crippen molar-refractivity contribution in [2.45, 2.75) is 4.90 Å². The average molecular weight is 327 g/mol. The monoisotopic (exact) mass is 327 g/mol. The van der Waals surface area contributed by atoms with E-state index in [0.29, 0.717) is 27.8 Å². The maximum atomic E-state index is 11.3. The number of azo groups is 1. The van der Waals surface area contributed by atoms with Crippen LogP contribution in [-0.2, 0) is 10.1 Å². The third kappa shape index (κ3) is 3.20. The molecule has 0 aromatic heterocycles. The van der Waals surface area contributed by atoms with Crippen LogP contribution < -0.4 is 5.73 Å². The largest absolute Gasteiger partial charge is 0.398 e. The van der Waals surface area contributed by atoms with Crippen LogP contribution in [0.3, 0.4) is 0 Å². The van der Waals surface area contributed by atoms with E-state index in [2.05, 4.69) is 10.2 Å². The predicted octanol–water partition coefficient (Wildman–Crippen LogP) is 4.08. The molecule has 0 amide bonds. The van der Waals surface area contributed by atoms with Gasteiger partial charge in [-0.15, -0.1) is 5.11 Å². The Hall–Kier alpha value is -2.77. The van der Waals surface area contributed by atoms with Crippen molar-refractivity contribution in [3.05, 3.63) is 60.7 Å². The first-order valence-electron chi connectivity index (χ1n) is 6.72. The Morgan fingerprint density at radius 3 is 2.30 bits per heavy atom. The molecule has 0 saturated carbocycles. The number of nitrogens with two attached hydrogens (primary N) is 1. The van der Waals surface area contributed by atoms with E-state index >= 15 is 0 Å². The van der Waals surface area contributed by atoms with Gasteiger partial charge in [0.2, 0.25) is 0 Å². The SMILES string of the molecule is Nc1ccc(/N=N/c2ccccc2)c2ccc(S(=O)(=O)O)cc12. The Kier molecular flexibility index (Phi) is 3.81. The molecular weight excluding hydrogens is 314 g/mol. The molecule has 3 aromatic rings. The first-order chi connectivity index (χ1) is 10.9. The first-order valence-corrected chi connectivity index (χ1v) is 8.16. The van der Waals surface area contributed by atoms with Crippen LogP contribution in [0.25, 0.3) is 10.8 Å². The van der Waals surface area contributed by atoms with Crippen LogP contribution in [0.2, 0.25) is 0 Å². The number of hydrogen-bond acceptors (Lipinski definition) is 5. The van der Waals surface area contributed by atoms with Gasteiger partial charge in [0.05, 0.1) is 16.3 Å². The van der Waals surface area contributed by atoms with Crippen molar-refractivity contribution in [2.75, 3.05) is 5.73 Å². The van der Waals surface area contributed by atoms with Crippen LogP contribution in [-0.4, -0.2) is 13.0 Å². The number of nitrogens with zero attached hydrogens (tertiary/aromatic N) is 2. The average Bonchev–Trinajstić information content (AvgIpc) is 2.54. The van der Waals surface area contributed by atoms with Crippen LogP contribution in [0.1, 0.15) is 0 Å². The summed E-state index contributed by atoms with van der Waals surface area (Å²) in [7, 11) is -4.29. The fraction of sp³-hybridized carbons (Fsp3) is 0. The molecule has 3 rings (SSSR count). The normalized spacial score (nSPS) is 12.0. The van der Waals surface area contributed by atoms with Crippen molar-refractivity contribution >= 4 is 38.0 Å². The molecule has 0 aliphatic carbocycles. The molecule has 0 aliphatic heterocycles. The quantitative estimate of drug-likeness (QED) is 0.429. The van der Waals surface area contributed by atoms with Gasteiger partial charge in [-0.1, -0.05) is 24.3 Å². The number of nitrogen functional groups attached to an aromatic ring is 1. The minimum atomic E-state index is -4.29. The van der Waals surface area contributed by atoms with E-state index in [4.69, 9.17) is 10.3 Å². The molecule has 23 heavy (non-hydrogen) atoms. The van der Waals surface area contributed by atoms with Gasteiger partial charge >= 0.3 is 0 Å². The lowest BCUT2D eigenvalue weighted by Crippen LogP contribution is -1.98. The minimum Gasteiger partial charge on any atom is -0.398 e. The summed E-state index contributed by atoms with van der Waals surface area (Å²) in [4.78, 5) is -0.214. The van der Waals surface area contributed by atoms with Crippen molar-refractivity contribution in [1.82, 2.24) is 0 Å². The smallest absolute Gasteiger partial charge is 0.294 e. The highest BCUT2D eigenvalue weighted by Crippen LogP contribution is 2.33. The summed E-state index contributed by atoms with van der Waals surface area (Å²) in [6.45, 7) is 0. The Morgan fingerprint density at radius 2 is 1.61 bits per heavy atom. The van der Waals surface area contributed by atoms with Crippen molar-refractivity contribution in [3.63, 3.8) is 0 Å². The topological polar surface area (TPSA) is 105 Å². The standard InChI is InChI=1S/C16H13N3O3S/c17-15-8-9-16(19-18-11-4-2-1-3-5-11)13-7-6-12(10-14(13)15)23(20,21)22/h1-10H,17H2,(H,20,21,22)/b19-18+. The van der Waals surface area contributed by atoms with Gasteiger partial charge in [-0.05, 0) is 36.4 Å². The van der Waals surface area contributed by atoms with Crippen molar-refractivity contribution in [1.29, 1.82) is 0 Å². The van der Waals surface area contributed by atoms with Crippen molar-refractivity contribution in [2.24, 2.45) is 10.2 Å². The van der Waals surface area contributed by atoms with Crippen LogP contribution in [0.4, 0.5) is 17.1 Å². The van der Waals surface area contributed by atoms with E-state index < -0.39 is 10.1 Å². The molecule has 116 valence electrons. The molecule has 0 heterocycles. The fourth-order valence-corrected chi connectivity index (χ4v) is 2.69. The van der Waals surface area contributed by atoms with Gasteiger partial charge in [-0.3, -0.25) is 4.55 Å². The molecule has 0 fully saturated rings. The zero-order valence-electron chi connectivity index (χ0n) is 11.9. The molecule has 3 N–H and O–H groups in total. The minimum absolute atomic E-state index is 0.214. The van der Waals surface area contributed by atoms with Gasteiger partial charge in [-0.25, -0.2) is 0 Å². The summed E-state index contributed by atoms with van der Waals surface area (Å²) in [5, 5.41) is 9.48. The third-order valence-corrected chi connectivity index (χ3v) is 4.18. The molecule has 0 bridgehead atoms. The third-order valence-electron chi connectivity index (χ3n) is 3.33. The number of benzene rings is 3. The summed E-state index contributed by atoms with van der Waals surface area (Å²) >= 11 is 0. The molecule has 0 spiro atoms.